The molecule has 0 unspecified atom stereocenters. The van der Waals surface area contributed by atoms with Gasteiger partial charge in [-0.25, -0.2) is 0 Å². The lowest BCUT2D eigenvalue weighted by molar-refractivity contribution is -0.158. The molecule has 0 atom stereocenters. The molecule has 15 nitrogen and oxygen atoms in total. The molecule has 0 spiro atoms. The summed E-state index contributed by atoms with van der Waals surface area (Å²) >= 11 is 0. The minimum Gasteiger partial charge on any atom is -0.459 e. The zero-order valence-corrected chi connectivity index (χ0v) is 31.6. The zero-order chi connectivity index (χ0) is 37.1. The van der Waals surface area contributed by atoms with Gasteiger partial charge >= 0.3 is 17.9 Å². The fraction of sp³-hybridized carbons (Fsp3) is 0.882. The van der Waals surface area contributed by atoms with Crippen molar-refractivity contribution in [1.82, 2.24) is 24.9 Å². The minimum atomic E-state index is -0.635. The summed E-state index contributed by atoms with van der Waals surface area (Å²) in [4.78, 5) is 59.4. The Hall–Kier alpha value is -2.40. The third-order valence-electron chi connectivity index (χ3n) is 6.79. The van der Waals surface area contributed by atoms with Crippen molar-refractivity contribution in [1.29, 1.82) is 0 Å². The van der Waals surface area contributed by atoms with Crippen LogP contribution in [0.2, 0.25) is 0 Å². The Balaban J connectivity index is 3.08. The first-order valence-electron chi connectivity index (χ1n) is 17.3. The molecule has 15 heteroatoms. The van der Waals surface area contributed by atoms with E-state index in [1.54, 1.807) is 0 Å². The Kier molecular flexibility index (Phi) is 20.4. The quantitative estimate of drug-likeness (QED) is 0.129. The molecule has 1 rings (SSSR count). The second-order valence-corrected chi connectivity index (χ2v) is 15.2. The Morgan fingerprint density at radius 3 is 1.12 bits per heavy atom. The molecule has 49 heavy (non-hydrogen) atoms. The van der Waals surface area contributed by atoms with Crippen molar-refractivity contribution in [3.63, 3.8) is 0 Å². The summed E-state index contributed by atoms with van der Waals surface area (Å²) in [5.41, 5.74) is -1.90. The van der Waals surface area contributed by atoms with Crippen LogP contribution in [0.1, 0.15) is 62.3 Å². The SMILES string of the molecule is CC(C)(C)OC(=O)CN1CCN(CC(=O)NCCOCCOCCO)CCN(CC(=O)OC(C)(C)C)CCN(CC(=O)OC(C)(C)C)CC1. The third-order valence-corrected chi connectivity index (χ3v) is 6.79. The van der Waals surface area contributed by atoms with Gasteiger partial charge in [0.2, 0.25) is 5.91 Å². The van der Waals surface area contributed by atoms with E-state index in [9.17, 15) is 19.2 Å². The summed E-state index contributed by atoms with van der Waals surface area (Å²) in [7, 11) is 0. The van der Waals surface area contributed by atoms with Gasteiger partial charge in [0.15, 0.2) is 0 Å². The molecule has 1 amide bonds. The standard InChI is InChI=1S/C34H65N5O10/c1-32(2,3)47-29(42)25-37-13-11-36(24-28(41)35-10-20-45-22-23-46-21-19-40)12-14-38(26-30(43)48-33(4,5)6)16-18-39(17-15-37)27-31(44)49-34(7,8)9/h40H,10-27H2,1-9H3,(H,35,41). The van der Waals surface area contributed by atoms with Crippen molar-refractivity contribution in [3.05, 3.63) is 0 Å². The van der Waals surface area contributed by atoms with Gasteiger partial charge in [0, 0.05) is 58.9 Å². The highest BCUT2D eigenvalue weighted by atomic mass is 16.6. The minimum absolute atomic E-state index is 0.0450. The number of aliphatic hydroxyl groups excluding tert-OH is 1. The van der Waals surface area contributed by atoms with Crippen molar-refractivity contribution < 1.29 is 48.0 Å². The highest BCUT2D eigenvalue weighted by Crippen LogP contribution is 2.11. The molecule has 0 aliphatic carbocycles. The normalized spacial score (nSPS) is 17.1. The van der Waals surface area contributed by atoms with Crippen LogP contribution in [0, 0.1) is 0 Å². The highest BCUT2D eigenvalue weighted by Gasteiger charge is 2.26. The number of aliphatic hydroxyl groups is 1. The monoisotopic (exact) mass is 703 g/mol. The summed E-state index contributed by atoms with van der Waals surface area (Å²) in [5.74, 6) is -1.23. The lowest BCUT2D eigenvalue weighted by Gasteiger charge is -2.34. The number of esters is 3. The lowest BCUT2D eigenvalue weighted by Crippen LogP contribution is -2.50. The number of nitrogens with one attached hydrogen (secondary N) is 1. The Morgan fingerprint density at radius 1 is 0.510 bits per heavy atom. The van der Waals surface area contributed by atoms with Crippen molar-refractivity contribution in [2.75, 3.05) is 118 Å². The molecular weight excluding hydrogens is 638 g/mol. The highest BCUT2D eigenvalue weighted by molar-refractivity contribution is 5.78. The van der Waals surface area contributed by atoms with E-state index in [1.165, 1.54) is 0 Å². The summed E-state index contributed by atoms with van der Waals surface area (Å²) in [6.07, 6.45) is 0. The van der Waals surface area contributed by atoms with Gasteiger partial charge in [-0.1, -0.05) is 0 Å². The predicted molar refractivity (Wildman–Crippen MR) is 185 cm³/mol. The molecule has 0 aromatic rings. The number of hydrogen-bond donors (Lipinski definition) is 2. The van der Waals surface area contributed by atoms with Crippen LogP contribution in [-0.4, -0.2) is 183 Å². The van der Waals surface area contributed by atoms with Crippen molar-refractivity contribution >= 4 is 23.8 Å². The topological polar surface area (TPSA) is 160 Å². The number of carbonyl (C=O) groups is 4. The van der Waals surface area contributed by atoms with E-state index in [0.29, 0.717) is 78.7 Å². The van der Waals surface area contributed by atoms with Gasteiger partial charge in [0.1, 0.15) is 16.8 Å². The van der Waals surface area contributed by atoms with E-state index in [-0.39, 0.29) is 63.2 Å². The summed E-state index contributed by atoms with van der Waals surface area (Å²) in [6.45, 7) is 22.0. The fourth-order valence-electron chi connectivity index (χ4n) is 4.79. The van der Waals surface area contributed by atoms with Crippen molar-refractivity contribution in [2.45, 2.75) is 79.1 Å². The lowest BCUT2D eigenvalue weighted by atomic mass is 10.2. The maximum absolute atomic E-state index is 13.0. The molecule has 0 aromatic heterocycles. The molecule has 0 radical (unpaired) electrons. The molecule has 2 N–H and O–H groups in total. The van der Waals surface area contributed by atoms with Crippen LogP contribution in [0.15, 0.2) is 0 Å². The Bertz CT molecular complexity index is 947. The molecule has 1 aliphatic heterocycles. The van der Waals surface area contributed by atoms with E-state index in [1.807, 2.05) is 81.9 Å². The Morgan fingerprint density at radius 2 is 0.816 bits per heavy atom. The smallest absolute Gasteiger partial charge is 0.320 e. The van der Waals surface area contributed by atoms with Gasteiger partial charge in [-0.05, 0) is 62.3 Å². The fourth-order valence-corrected chi connectivity index (χ4v) is 4.79. The van der Waals surface area contributed by atoms with E-state index in [4.69, 9.17) is 28.8 Å². The molecule has 1 saturated heterocycles. The predicted octanol–water partition coefficient (Wildman–Crippen LogP) is 0.375. The van der Waals surface area contributed by atoms with Crippen LogP contribution in [0.5, 0.6) is 0 Å². The first-order chi connectivity index (χ1) is 22.7. The van der Waals surface area contributed by atoms with Gasteiger partial charge in [-0.2, -0.15) is 0 Å². The van der Waals surface area contributed by atoms with E-state index >= 15 is 0 Å². The number of rotatable bonds is 16. The maximum Gasteiger partial charge on any atom is 0.320 e. The van der Waals surface area contributed by atoms with Crippen LogP contribution in [0.3, 0.4) is 0 Å². The van der Waals surface area contributed by atoms with E-state index in [0.717, 1.165) is 0 Å². The van der Waals surface area contributed by atoms with Crippen LogP contribution < -0.4 is 5.32 Å². The number of carbonyl (C=O) groups excluding carboxylic acids is 4. The molecule has 286 valence electrons. The average Bonchev–Trinajstić information content (AvgIpc) is 2.92. The van der Waals surface area contributed by atoms with Crippen LogP contribution >= 0.6 is 0 Å². The number of hydrogen-bond acceptors (Lipinski definition) is 14. The maximum atomic E-state index is 13.0. The Labute approximate surface area is 293 Å². The van der Waals surface area contributed by atoms with Crippen LogP contribution in [0.25, 0.3) is 0 Å². The summed E-state index contributed by atoms with van der Waals surface area (Å²) in [6, 6.07) is 0. The van der Waals surface area contributed by atoms with Crippen molar-refractivity contribution in [2.24, 2.45) is 0 Å². The van der Waals surface area contributed by atoms with Crippen LogP contribution in [-0.2, 0) is 42.9 Å². The average molecular weight is 704 g/mol. The molecule has 0 saturated carbocycles. The second kappa shape index (κ2) is 22.4. The first-order valence-corrected chi connectivity index (χ1v) is 17.3. The van der Waals surface area contributed by atoms with Gasteiger partial charge in [0.25, 0.3) is 0 Å². The molecule has 1 fully saturated rings. The van der Waals surface area contributed by atoms with Gasteiger partial charge in [0.05, 0.1) is 59.2 Å². The van der Waals surface area contributed by atoms with E-state index in [2.05, 4.69) is 5.32 Å². The molecule has 1 aliphatic rings. The molecular formula is C34H65N5O10. The molecule has 1 heterocycles. The number of ether oxygens (including phenoxy) is 5. The largest absolute Gasteiger partial charge is 0.459 e. The third kappa shape index (κ3) is 25.2. The van der Waals surface area contributed by atoms with Gasteiger partial charge in [-0.15, -0.1) is 0 Å². The zero-order valence-electron chi connectivity index (χ0n) is 31.6. The molecule has 0 aromatic carbocycles. The van der Waals surface area contributed by atoms with Crippen molar-refractivity contribution in [3.8, 4) is 0 Å². The number of amides is 1. The summed E-state index contributed by atoms with van der Waals surface area (Å²) in [5, 5.41) is 11.7. The summed E-state index contributed by atoms with van der Waals surface area (Å²) < 4.78 is 27.4. The van der Waals surface area contributed by atoms with Crippen LogP contribution in [0.4, 0.5) is 0 Å². The number of nitrogens with zero attached hydrogens (tertiary/aromatic N) is 4. The van der Waals surface area contributed by atoms with Gasteiger partial charge < -0.3 is 34.1 Å². The van der Waals surface area contributed by atoms with Gasteiger partial charge in [-0.3, -0.25) is 38.8 Å². The second-order valence-electron chi connectivity index (χ2n) is 15.2. The first kappa shape index (κ1) is 44.6. The van der Waals surface area contributed by atoms with E-state index < -0.39 is 16.8 Å². The molecule has 0 bridgehead atoms.